The molecule has 3 heterocycles. The summed E-state index contributed by atoms with van der Waals surface area (Å²) in [6.07, 6.45) is 1.80. The van der Waals surface area contributed by atoms with Crippen molar-refractivity contribution >= 4 is 22.7 Å². The summed E-state index contributed by atoms with van der Waals surface area (Å²) in [5, 5.41) is 12.4. The van der Waals surface area contributed by atoms with Gasteiger partial charge in [-0.05, 0) is 45.2 Å². The molecular weight excluding hydrogens is 366 g/mol. The Kier molecular flexibility index (Phi) is 5.64. The van der Waals surface area contributed by atoms with Crippen molar-refractivity contribution in [2.45, 2.75) is 19.9 Å². The van der Waals surface area contributed by atoms with Gasteiger partial charge in [-0.2, -0.15) is 0 Å². The molecule has 2 N–H and O–H groups in total. The number of likely N-dealkylation sites (N-methyl/N-ethyl adjacent to an activating group) is 1. The van der Waals surface area contributed by atoms with E-state index in [1.165, 1.54) is 5.69 Å². The monoisotopic (exact) mass is 395 g/mol. The molecule has 1 aliphatic heterocycles. The van der Waals surface area contributed by atoms with E-state index in [1.807, 2.05) is 4.57 Å². The van der Waals surface area contributed by atoms with E-state index in [4.69, 9.17) is 9.97 Å². The minimum Gasteiger partial charge on any atom is -0.395 e. The third-order valence-corrected chi connectivity index (χ3v) is 5.38. The molecule has 1 fully saturated rings. The van der Waals surface area contributed by atoms with E-state index in [0.29, 0.717) is 18.2 Å². The first-order chi connectivity index (χ1) is 14.1. The molecule has 1 aromatic carbocycles. The maximum atomic E-state index is 9.21. The average molecular weight is 396 g/mol. The van der Waals surface area contributed by atoms with Gasteiger partial charge >= 0.3 is 0 Å². The zero-order valence-corrected chi connectivity index (χ0v) is 17.3. The van der Waals surface area contributed by atoms with Gasteiger partial charge in [0.2, 0.25) is 0 Å². The summed E-state index contributed by atoms with van der Waals surface area (Å²) in [6, 6.07) is 8.71. The quantitative estimate of drug-likeness (QED) is 0.662. The van der Waals surface area contributed by atoms with Crippen LogP contribution in [0.5, 0.6) is 0 Å². The average Bonchev–Trinajstić information content (AvgIpc) is 3.17. The molecule has 1 aliphatic rings. The number of rotatable bonds is 6. The van der Waals surface area contributed by atoms with E-state index < -0.39 is 0 Å². The summed E-state index contributed by atoms with van der Waals surface area (Å²) in [4.78, 5) is 18.8. The third kappa shape index (κ3) is 4.04. The molecule has 0 aliphatic carbocycles. The van der Waals surface area contributed by atoms with Crippen molar-refractivity contribution in [1.29, 1.82) is 0 Å². The highest BCUT2D eigenvalue weighted by Gasteiger charge is 2.17. The summed E-state index contributed by atoms with van der Waals surface area (Å²) < 4.78 is 2.04. The Morgan fingerprint density at radius 1 is 1.07 bits per heavy atom. The summed E-state index contributed by atoms with van der Waals surface area (Å²) in [6.45, 7) is 8.92. The highest BCUT2D eigenvalue weighted by molar-refractivity contribution is 5.85. The van der Waals surface area contributed by atoms with Crippen molar-refractivity contribution in [3.63, 3.8) is 0 Å². The molecular formula is C21H29N7O. The number of fused-ring (bicyclic) bond motifs is 1. The summed E-state index contributed by atoms with van der Waals surface area (Å²) in [5.74, 6) is 1.31. The molecule has 0 radical (unpaired) electrons. The normalized spacial score (nSPS) is 15.4. The molecule has 8 nitrogen and oxygen atoms in total. The summed E-state index contributed by atoms with van der Waals surface area (Å²) in [7, 11) is 2.16. The van der Waals surface area contributed by atoms with Gasteiger partial charge in [-0.3, -0.25) is 0 Å². The number of anilines is 2. The van der Waals surface area contributed by atoms with Gasteiger partial charge in [-0.25, -0.2) is 15.0 Å². The minimum atomic E-state index is 0.0332. The minimum absolute atomic E-state index is 0.0332. The number of aliphatic hydroxyl groups is 1. The standard InChI is InChI=1S/C21H29N7O/c1-15(2)28-14-23-18-20(22-8-13-29)24-19(25-21(18)28)16-4-6-17(7-5-16)27-11-9-26(3)10-12-27/h4-7,14-15,29H,8-13H2,1-3H3,(H,22,24,25). The maximum absolute atomic E-state index is 9.21. The summed E-state index contributed by atoms with van der Waals surface area (Å²) in [5.41, 5.74) is 3.72. The number of imidazole rings is 1. The molecule has 0 atom stereocenters. The molecule has 0 amide bonds. The lowest BCUT2D eigenvalue weighted by Gasteiger charge is -2.34. The Labute approximate surface area is 171 Å². The second-order valence-electron chi connectivity index (χ2n) is 7.80. The first-order valence-corrected chi connectivity index (χ1v) is 10.2. The van der Waals surface area contributed by atoms with Crippen molar-refractivity contribution in [2.24, 2.45) is 0 Å². The van der Waals surface area contributed by atoms with Gasteiger partial charge in [0.05, 0.1) is 12.9 Å². The highest BCUT2D eigenvalue weighted by atomic mass is 16.3. The number of nitrogens with zero attached hydrogens (tertiary/aromatic N) is 6. The number of nitrogens with one attached hydrogen (secondary N) is 1. The molecule has 3 aromatic rings. The lowest BCUT2D eigenvalue weighted by Crippen LogP contribution is -2.44. The number of hydrogen-bond donors (Lipinski definition) is 2. The predicted molar refractivity (Wildman–Crippen MR) is 116 cm³/mol. The molecule has 4 rings (SSSR count). The molecule has 2 aromatic heterocycles. The zero-order valence-electron chi connectivity index (χ0n) is 17.3. The SMILES string of the molecule is CC(C)n1cnc2c(NCCO)nc(-c3ccc(N4CCN(C)CC4)cc3)nc21. The van der Waals surface area contributed by atoms with Gasteiger partial charge in [0.1, 0.15) is 5.52 Å². The molecule has 154 valence electrons. The number of benzene rings is 1. The lowest BCUT2D eigenvalue weighted by atomic mass is 10.1. The second-order valence-corrected chi connectivity index (χ2v) is 7.80. The van der Waals surface area contributed by atoms with Crippen molar-refractivity contribution in [1.82, 2.24) is 24.4 Å². The van der Waals surface area contributed by atoms with Crippen LogP contribution in [0.4, 0.5) is 11.5 Å². The Bertz CT molecular complexity index is 959. The van der Waals surface area contributed by atoms with Crippen LogP contribution in [0.1, 0.15) is 19.9 Å². The molecule has 29 heavy (non-hydrogen) atoms. The van der Waals surface area contributed by atoms with E-state index in [0.717, 1.165) is 42.9 Å². The molecule has 0 spiro atoms. The number of piperazine rings is 1. The van der Waals surface area contributed by atoms with Crippen molar-refractivity contribution < 1.29 is 5.11 Å². The van der Waals surface area contributed by atoms with Crippen molar-refractivity contribution in [3.05, 3.63) is 30.6 Å². The van der Waals surface area contributed by atoms with E-state index in [1.54, 1.807) is 6.33 Å². The smallest absolute Gasteiger partial charge is 0.166 e. The third-order valence-electron chi connectivity index (χ3n) is 5.38. The molecule has 0 saturated carbocycles. The van der Waals surface area contributed by atoms with Crippen LogP contribution in [0.25, 0.3) is 22.6 Å². The van der Waals surface area contributed by atoms with Crippen LogP contribution in [0.3, 0.4) is 0 Å². The number of aromatic nitrogens is 4. The van der Waals surface area contributed by atoms with Crippen LogP contribution in [-0.2, 0) is 0 Å². The fourth-order valence-electron chi connectivity index (χ4n) is 3.61. The van der Waals surface area contributed by atoms with Gasteiger partial charge in [-0.1, -0.05) is 0 Å². The first kappa shape index (κ1) is 19.6. The predicted octanol–water partition coefficient (Wildman–Crippen LogP) is 2.23. The Morgan fingerprint density at radius 2 is 1.79 bits per heavy atom. The lowest BCUT2D eigenvalue weighted by molar-refractivity contribution is 0.311. The fraction of sp³-hybridized carbons (Fsp3) is 0.476. The molecule has 0 bridgehead atoms. The maximum Gasteiger partial charge on any atom is 0.166 e. The van der Waals surface area contributed by atoms with E-state index in [-0.39, 0.29) is 12.6 Å². The Hall–Kier alpha value is -2.71. The van der Waals surface area contributed by atoms with Gasteiger partial charge < -0.3 is 24.8 Å². The molecule has 1 saturated heterocycles. The van der Waals surface area contributed by atoms with Crippen LogP contribution in [0.15, 0.2) is 30.6 Å². The van der Waals surface area contributed by atoms with E-state index >= 15 is 0 Å². The largest absolute Gasteiger partial charge is 0.395 e. The first-order valence-electron chi connectivity index (χ1n) is 10.2. The second kappa shape index (κ2) is 8.34. The van der Waals surface area contributed by atoms with Crippen molar-refractivity contribution in [2.75, 3.05) is 56.6 Å². The molecule has 8 heteroatoms. The number of aliphatic hydroxyl groups excluding tert-OH is 1. The topological polar surface area (TPSA) is 82.3 Å². The van der Waals surface area contributed by atoms with Crippen LogP contribution in [0, 0.1) is 0 Å². The van der Waals surface area contributed by atoms with E-state index in [9.17, 15) is 5.11 Å². The van der Waals surface area contributed by atoms with Crippen LogP contribution < -0.4 is 10.2 Å². The van der Waals surface area contributed by atoms with Gasteiger partial charge in [0.25, 0.3) is 0 Å². The fourth-order valence-corrected chi connectivity index (χ4v) is 3.61. The van der Waals surface area contributed by atoms with Gasteiger partial charge in [0, 0.05) is 50.0 Å². The summed E-state index contributed by atoms with van der Waals surface area (Å²) >= 11 is 0. The van der Waals surface area contributed by atoms with E-state index in [2.05, 4.69) is 65.3 Å². The van der Waals surface area contributed by atoms with Gasteiger partial charge in [-0.15, -0.1) is 0 Å². The highest BCUT2D eigenvalue weighted by Crippen LogP contribution is 2.27. The number of hydrogen-bond acceptors (Lipinski definition) is 7. The van der Waals surface area contributed by atoms with Crippen molar-refractivity contribution in [3.8, 4) is 11.4 Å². The molecule has 0 unspecified atom stereocenters. The Morgan fingerprint density at radius 3 is 2.45 bits per heavy atom. The van der Waals surface area contributed by atoms with Crippen LogP contribution in [0.2, 0.25) is 0 Å². The van der Waals surface area contributed by atoms with Crippen LogP contribution in [-0.4, -0.2) is 75.9 Å². The zero-order chi connectivity index (χ0) is 20.4. The van der Waals surface area contributed by atoms with Crippen LogP contribution >= 0.6 is 0 Å². The van der Waals surface area contributed by atoms with Gasteiger partial charge in [0.15, 0.2) is 17.3 Å². The Balaban J connectivity index is 1.68.